The predicted octanol–water partition coefficient (Wildman–Crippen LogP) is 1.23. The molecule has 0 saturated carbocycles. The third-order valence-corrected chi connectivity index (χ3v) is 4.33. The van der Waals surface area contributed by atoms with E-state index in [9.17, 15) is 0 Å². The van der Waals surface area contributed by atoms with E-state index in [0.717, 1.165) is 51.5 Å². The average Bonchev–Trinajstić information content (AvgIpc) is 3.22. The van der Waals surface area contributed by atoms with Crippen LogP contribution < -0.4 is 5.32 Å². The first-order chi connectivity index (χ1) is 11.7. The number of likely N-dealkylation sites (tertiary alicyclic amines) is 1. The van der Waals surface area contributed by atoms with E-state index in [1.807, 2.05) is 25.0 Å². The van der Waals surface area contributed by atoms with Crippen molar-refractivity contribution in [3.8, 4) is 0 Å². The van der Waals surface area contributed by atoms with Crippen LogP contribution in [0.15, 0.2) is 17.4 Å². The summed E-state index contributed by atoms with van der Waals surface area (Å²) in [6.45, 7) is 5.10. The maximum absolute atomic E-state index is 5.47. The van der Waals surface area contributed by atoms with Crippen LogP contribution in [0.2, 0.25) is 0 Å². The van der Waals surface area contributed by atoms with Gasteiger partial charge in [-0.15, -0.1) is 0 Å². The van der Waals surface area contributed by atoms with Crippen LogP contribution in [0.1, 0.15) is 30.7 Å². The van der Waals surface area contributed by atoms with Crippen molar-refractivity contribution in [3.05, 3.63) is 18.0 Å². The maximum atomic E-state index is 5.47. The molecule has 2 heterocycles. The highest BCUT2D eigenvalue weighted by Gasteiger charge is 2.26. The molecule has 7 heteroatoms. The first kappa shape index (κ1) is 18.7. The number of aliphatic imine (C=N–C) groups is 1. The Morgan fingerprint density at radius 3 is 2.96 bits per heavy atom. The third-order valence-electron chi connectivity index (χ3n) is 4.33. The number of unbranched alkanes of at least 4 members (excludes halogenated alkanes) is 1. The van der Waals surface area contributed by atoms with Crippen molar-refractivity contribution in [2.75, 3.05) is 53.6 Å². The van der Waals surface area contributed by atoms with Crippen molar-refractivity contribution in [3.63, 3.8) is 0 Å². The average molecular weight is 337 g/mol. The van der Waals surface area contributed by atoms with Crippen LogP contribution in [0.25, 0.3) is 0 Å². The summed E-state index contributed by atoms with van der Waals surface area (Å²) in [4.78, 5) is 6.76. The quantitative estimate of drug-likeness (QED) is 0.417. The fraction of sp³-hybridized carbons (Fsp3) is 0.765. The minimum Gasteiger partial charge on any atom is -0.382 e. The molecular formula is C17H31N5O2. The second-order valence-corrected chi connectivity index (χ2v) is 6.17. The van der Waals surface area contributed by atoms with E-state index >= 15 is 0 Å². The van der Waals surface area contributed by atoms with Crippen molar-refractivity contribution in [2.45, 2.75) is 25.2 Å². The molecule has 0 spiro atoms. The molecule has 0 aromatic carbocycles. The highest BCUT2D eigenvalue weighted by atomic mass is 16.5. The summed E-state index contributed by atoms with van der Waals surface area (Å²) in [6, 6.07) is 0. The summed E-state index contributed by atoms with van der Waals surface area (Å²) >= 11 is 0. The fourth-order valence-electron chi connectivity index (χ4n) is 2.98. The first-order valence-corrected chi connectivity index (χ1v) is 8.75. The molecule has 1 unspecified atom stereocenters. The molecule has 0 amide bonds. The van der Waals surface area contributed by atoms with Crippen molar-refractivity contribution >= 4 is 5.96 Å². The molecule has 0 bridgehead atoms. The van der Waals surface area contributed by atoms with Crippen molar-refractivity contribution in [1.82, 2.24) is 20.0 Å². The minimum absolute atomic E-state index is 0.548. The molecule has 24 heavy (non-hydrogen) atoms. The van der Waals surface area contributed by atoms with Gasteiger partial charge in [-0.3, -0.25) is 9.67 Å². The molecule has 1 saturated heterocycles. The number of aryl methyl sites for hydroxylation is 1. The van der Waals surface area contributed by atoms with Crippen LogP contribution in [-0.4, -0.2) is 74.3 Å². The van der Waals surface area contributed by atoms with Crippen LogP contribution >= 0.6 is 0 Å². The molecule has 136 valence electrons. The summed E-state index contributed by atoms with van der Waals surface area (Å²) in [7, 11) is 5.51. The number of ether oxygens (including phenoxy) is 2. The van der Waals surface area contributed by atoms with E-state index in [1.54, 1.807) is 7.11 Å². The van der Waals surface area contributed by atoms with Crippen LogP contribution in [0, 0.1) is 0 Å². The lowest BCUT2D eigenvalue weighted by Crippen LogP contribution is -2.40. The summed E-state index contributed by atoms with van der Waals surface area (Å²) in [5.41, 5.74) is 1.32. The number of nitrogens with zero attached hydrogens (tertiary/aromatic N) is 4. The lowest BCUT2D eigenvalue weighted by atomic mass is 10.0. The standard InChI is InChI=1S/C17H31N5O2/c1-18-17(19-7-4-5-9-24-11-10-23-3)22-8-6-15(14-22)16-12-20-21(2)13-16/h12-13,15H,4-11,14H2,1-3H3,(H,18,19). The van der Waals surface area contributed by atoms with Gasteiger partial charge in [-0.25, -0.2) is 0 Å². The predicted molar refractivity (Wildman–Crippen MR) is 95.4 cm³/mol. The zero-order valence-electron chi connectivity index (χ0n) is 15.2. The molecule has 1 aliphatic rings. The van der Waals surface area contributed by atoms with Crippen molar-refractivity contribution in [1.29, 1.82) is 0 Å². The molecule has 1 fully saturated rings. The van der Waals surface area contributed by atoms with Gasteiger partial charge in [-0.05, 0) is 24.8 Å². The fourth-order valence-corrected chi connectivity index (χ4v) is 2.98. The number of nitrogens with one attached hydrogen (secondary N) is 1. The second kappa shape index (κ2) is 10.3. The Kier molecular flexibility index (Phi) is 8.04. The van der Waals surface area contributed by atoms with E-state index in [2.05, 4.69) is 26.5 Å². The van der Waals surface area contributed by atoms with Crippen LogP contribution in [0.3, 0.4) is 0 Å². The Morgan fingerprint density at radius 2 is 2.25 bits per heavy atom. The molecule has 1 aromatic heterocycles. The highest BCUT2D eigenvalue weighted by Crippen LogP contribution is 2.26. The summed E-state index contributed by atoms with van der Waals surface area (Å²) in [5.74, 6) is 1.55. The Balaban J connectivity index is 1.64. The molecule has 1 N–H and O–H groups in total. The van der Waals surface area contributed by atoms with E-state index in [4.69, 9.17) is 9.47 Å². The van der Waals surface area contributed by atoms with E-state index in [-0.39, 0.29) is 0 Å². The van der Waals surface area contributed by atoms with Gasteiger partial charge in [0, 0.05) is 59.6 Å². The topological polar surface area (TPSA) is 63.9 Å². The molecule has 1 aliphatic heterocycles. The zero-order chi connectivity index (χ0) is 17.2. The van der Waals surface area contributed by atoms with Crippen molar-refractivity contribution < 1.29 is 9.47 Å². The lowest BCUT2D eigenvalue weighted by molar-refractivity contribution is 0.0689. The van der Waals surface area contributed by atoms with E-state index in [1.165, 1.54) is 5.56 Å². The Labute approximate surface area is 145 Å². The number of hydrogen-bond acceptors (Lipinski definition) is 4. The molecule has 1 aromatic rings. The zero-order valence-corrected chi connectivity index (χ0v) is 15.2. The lowest BCUT2D eigenvalue weighted by Gasteiger charge is -2.21. The molecule has 0 aliphatic carbocycles. The van der Waals surface area contributed by atoms with Gasteiger partial charge in [0.15, 0.2) is 5.96 Å². The number of guanidine groups is 1. The normalized spacial score (nSPS) is 18.4. The van der Waals surface area contributed by atoms with Gasteiger partial charge >= 0.3 is 0 Å². The molecule has 0 radical (unpaired) electrons. The van der Waals surface area contributed by atoms with E-state index < -0.39 is 0 Å². The Morgan fingerprint density at radius 1 is 1.38 bits per heavy atom. The highest BCUT2D eigenvalue weighted by molar-refractivity contribution is 5.80. The van der Waals surface area contributed by atoms with Gasteiger partial charge in [0.2, 0.25) is 0 Å². The Hall–Kier alpha value is -1.60. The number of aromatic nitrogens is 2. The summed E-state index contributed by atoms with van der Waals surface area (Å²) in [5, 5.41) is 7.75. The molecule has 2 rings (SSSR count). The molecule has 1 atom stereocenters. The van der Waals surface area contributed by atoms with Gasteiger partial charge in [0.25, 0.3) is 0 Å². The van der Waals surface area contributed by atoms with Gasteiger partial charge < -0.3 is 19.7 Å². The maximum Gasteiger partial charge on any atom is 0.193 e. The van der Waals surface area contributed by atoms with Gasteiger partial charge in [0.05, 0.1) is 19.4 Å². The first-order valence-electron chi connectivity index (χ1n) is 8.75. The second-order valence-electron chi connectivity index (χ2n) is 6.17. The smallest absolute Gasteiger partial charge is 0.193 e. The molecule has 7 nitrogen and oxygen atoms in total. The SMILES string of the molecule is CN=C(NCCCCOCCOC)N1CCC(c2cnn(C)c2)C1. The monoisotopic (exact) mass is 337 g/mol. The van der Waals surface area contributed by atoms with E-state index in [0.29, 0.717) is 19.1 Å². The van der Waals surface area contributed by atoms with Gasteiger partial charge in [-0.1, -0.05) is 0 Å². The van der Waals surface area contributed by atoms with Crippen LogP contribution in [0.4, 0.5) is 0 Å². The summed E-state index contributed by atoms with van der Waals surface area (Å²) < 4.78 is 12.3. The largest absolute Gasteiger partial charge is 0.382 e. The number of methoxy groups -OCH3 is 1. The van der Waals surface area contributed by atoms with Gasteiger partial charge in [-0.2, -0.15) is 5.10 Å². The Bertz CT molecular complexity index is 503. The van der Waals surface area contributed by atoms with Crippen molar-refractivity contribution in [2.24, 2.45) is 12.0 Å². The van der Waals surface area contributed by atoms with Crippen LogP contribution in [-0.2, 0) is 16.5 Å². The van der Waals surface area contributed by atoms with Crippen LogP contribution in [0.5, 0.6) is 0 Å². The summed E-state index contributed by atoms with van der Waals surface area (Å²) in [6.07, 6.45) is 7.37. The third kappa shape index (κ3) is 5.79. The van der Waals surface area contributed by atoms with Gasteiger partial charge in [0.1, 0.15) is 0 Å². The minimum atomic E-state index is 0.548. The molecular weight excluding hydrogens is 306 g/mol. The number of hydrogen-bond donors (Lipinski definition) is 1. The number of rotatable bonds is 9.